The quantitative estimate of drug-likeness (QED) is 0.828. The number of rotatable bonds is 5. The molecule has 0 saturated carbocycles. The van der Waals surface area contributed by atoms with Gasteiger partial charge in [0, 0.05) is 11.7 Å². The average Bonchev–Trinajstić information content (AvgIpc) is 2.43. The second-order valence-electron chi connectivity index (χ2n) is 5.34. The zero-order valence-corrected chi connectivity index (χ0v) is 12.4. The van der Waals surface area contributed by atoms with Crippen LogP contribution in [0.15, 0.2) is 42.5 Å². The minimum atomic E-state index is -0.179. The third-order valence-electron chi connectivity index (χ3n) is 3.59. The summed E-state index contributed by atoms with van der Waals surface area (Å²) in [6.45, 7) is 6.46. The maximum atomic E-state index is 12.9. The summed E-state index contributed by atoms with van der Waals surface area (Å²) in [5, 5.41) is 3.60. The van der Waals surface area contributed by atoms with E-state index in [1.54, 1.807) is 0 Å². The summed E-state index contributed by atoms with van der Waals surface area (Å²) in [5.41, 5.74) is 5.01. The first-order valence-corrected chi connectivity index (χ1v) is 7.19. The molecule has 0 heterocycles. The summed E-state index contributed by atoms with van der Waals surface area (Å²) < 4.78 is 12.9. The highest BCUT2D eigenvalue weighted by Crippen LogP contribution is 2.22. The lowest BCUT2D eigenvalue weighted by atomic mass is 10.0. The van der Waals surface area contributed by atoms with Crippen LogP contribution >= 0.6 is 0 Å². The normalized spacial score (nSPS) is 12.2. The van der Waals surface area contributed by atoms with Gasteiger partial charge in [0.2, 0.25) is 0 Å². The smallest absolute Gasteiger partial charge is 0.123 e. The van der Waals surface area contributed by atoms with E-state index in [1.165, 1.54) is 28.9 Å². The Balaban J connectivity index is 2.08. The topological polar surface area (TPSA) is 12.0 Å². The maximum Gasteiger partial charge on any atom is 0.123 e. The van der Waals surface area contributed by atoms with Gasteiger partial charge < -0.3 is 5.32 Å². The number of halogens is 1. The molecule has 0 aromatic heterocycles. The van der Waals surface area contributed by atoms with E-state index >= 15 is 0 Å². The predicted molar refractivity (Wildman–Crippen MR) is 83.7 cm³/mol. The van der Waals surface area contributed by atoms with Gasteiger partial charge in [-0.15, -0.1) is 0 Å². The fraction of sp³-hybridized carbons (Fsp3) is 0.333. The van der Waals surface area contributed by atoms with E-state index in [0.29, 0.717) is 6.04 Å². The molecule has 0 amide bonds. The van der Waals surface area contributed by atoms with Crippen molar-refractivity contribution in [3.05, 3.63) is 65.0 Å². The summed E-state index contributed by atoms with van der Waals surface area (Å²) in [4.78, 5) is 0. The molecule has 0 spiro atoms. The first kappa shape index (κ1) is 14.6. The largest absolute Gasteiger partial charge is 0.382 e. The number of benzene rings is 2. The number of aryl methyl sites for hydroxylation is 2. The van der Waals surface area contributed by atoms with Gasteiger partial charge in [-0.1, -0.05) is 37.3 Å². The molecule has 1 atom stereocenters. The molecule has 20 heavy (non-hydrogen) atoms. The third kappa shape index (κ3) is 3.60. The lowest BCUT2D eigenvalue weighted by Gasteiger charge is -2.20. The van der Waals surface area contributed by atoms with Gasteiger partial charge in [0.05, 0.1) is 0 Å². The van der Waals surface area contributed by atoms with Crippen LogP contribution in [0.25, 0.3) is 0 Å². The molecule has 1 N–H and O–H groups in total. The molecule has 1 nitrogen and oxygen atoms in total. The molecule has 2 heteroatoms. The third-order valence-corrected chi connectivity index (χ3v) is 3.59. The summed E-state index contributed by atoms with van der Waals surface area (Å²) in [6.07, 6.45) is 1.91. The van der Waals surface area contributed by atoms with Crippen molar-refractivity contribution in [1.29, 1.82) is 0 Å². The van der Waals surface area contributed by atoms with Gasteiger partial charge in [-0.3, -0.25) is 0 Å². The number of nitrogens with one attached hydrogen (secondary N) is 1. The molecule has 0 saturated heterocycles. The molecule has 2 aromatic carbocycles. The van der Waals surface area contributed by atoms with Gasteiger partial charge in [0.25, 0.3) is 0 Å². The first-order chi connectivity index (χ1) is 9.60. The Hall–Kier alpha value is -1.83. The van der Waals surface area contributed by atoms with Crippen LogP contribution in [0, 0.1) is 12.7 Å². The Kier molecular flexibility index (Phi) is 4.78. The van der Waals surface area contributed by atoms with Crippen LogP contribution in [-0.4, -0.2) is 6.04 Å². The number of para-hydroxylation sites is 1. The van der Waals surface area contributed by atoms with Gasteiger partial charge in [0.1, 0.15) is 5.82 Å². The second kappa shape index (κ2) is 6.56. The molecule has 0 aliphatic carbocycles. The van der Waals surface area contributed by atoms with E-state index in [2.05, 4.69) is 44.3 Å². The van der Waals surface area contributed by atoms with E-state index in [1.807, 2.05) is 12.1 Å². The molecule has 0 aliphatic rings. The maximum absolute atomic E-state index is 12.9. The van der Waals surface area contributed by atoms with Crippen molar-refractivity contribution in [2.75, 3.05) is 5.32 Å². The van der Waals surface area contributed by atoms with Crippen molar-refractivity contribution >= 4 is 5.69 Å². The fourth-order valence-electron chi connectivity index (χ4n) is 2.50. The van der Waals surface area contributed by atoms with E-state index in [0.717, 1.165) is 18.4 Å². The van der Waals surface area contributed by atoms with Gasteiger partial charge in [0.15, 0.2) is 0 Å². The van der Waals surface area contributed by atoms with Gasteiger partial charge >= 0.3 is 0 Å². The molecule has 106 valence electrons. The average molecular weight is 271 g/mol. The summed E-state index contributed by atoms with van der Waals surface area (Å²) in [5.74, 6) is -0.179. The molecule has 0 aliphatic heterocycles. The van der Waals surface area contributed by atoms with Crippen LogP contribution in [-0.2, 0) is 12.8 Å². The highest BCUT2D eigenvalue weighted by Gasteiger charge is 2.08. The van der Waals surface area contributed by atoms with Crippen molar-refractivity contribution in [3.8, 4) is 0 Å². The molecule has 0 bridgehead atoms. The van der Waals surface area contributed by atoms with Gasteiger partial charge in [-0.05, 0) is 55.5 Å². The fourth-order valence-corrected chi connectivity index (χ4v) is 2.50. The van der Waals surface area contributed by atoms with Crippen molar-refractivity contribution in [2.24, 2.45) is 0 Å². The van der Waals surface area contributed by atoms with E-state index in [4.69, 9.17) is 0 Å². The van der Waals surface area contributed by atoms with Crippen molar-refractivity contribution in [2.45, 2.75) is 39.7 Å². The van der Waals surface area contributed by atoms with Crippen LogP contribution in [0.3, 0.4) is 0 Å². The number of hydrogen-bond donors (Lipinski definition) is 1. The van der Waals surface area contributed by atoms with Gasteiger partial charge in [-0.25, -0.2) is 4.39 Å². The van der Waals surface area contributed by atoms with E-state index in [-0.39, 0.29) is 5.82 Å². The lowest BCUT2D eigenvalue weighted by molar-refractivity contribution is 0.626. The Bertz CT molecular complexity index is 560. The van der Waals surface area contributed by atoms with E-state index < -0.39 is 0 Å². The Morgan fingerprint density at radius 2 is 1.80 bits per heavy atom. The zero-order valence-electron chi connectivity index (χ0n) is 12.4. The Morgan fingerprint density at radius 1 is 1.10 bits per heavy atom. The summed E-state index contributed by atoms with van der Waals surface area (Å²) in [7, 11) is 0. The number of anilines is 1. The SMILES string of the molecule is CCc1cccc(C)c1NC(C)Cc1ccc(F)cc1. The molecule has 0 fully saturated rings. The van der Waals surface area contributed by atoms with Crippen LogP contribution in [0.5, 0.6) is 0 Å². The highest BCUT2D eigenvalue weighted by atomic mass is 19.1. The predicted octanol–water partition coefficient (Wildman–Crippen LogP) is 4.74. The molecule has 2 aromatic rings. The molecular formula is C18H22FN. The zero-order chi connectivity index (χ0) is 14.5. The van der Waals surface area contributed by atoms with Gasteiger partial charge in [-0.2, -0.15) is 0 Å². The highest BCUT2D eigenvalue weighted by molar-refractivity contribution is 5.57. The van der Waals surface area contributed by atoms with E-state index in [9.17, 15) is 4.39 Å². The Morgan fingerprint density at radius 3 is 2.45 bits per heavy atom. The minimum absolute atomic E-state index is 0.179. The molecule has 1 unspecified atom stereocenters. The second-order valence-corrected chi connectivity index (χ2v) is 5.34. The van der Waals surface area contributed by atoms with Crippen molar-refractivity contribution < 1.29 is 4.39 Å². The van der Waals surface area contributed by atoms with Crippen LogP contribution in [0.2, 0.25) is 0 Å². The summed E-state index contributed by atoms with van der Waals surface area (Å²) >= 11 is 0. The molecular weight excluding hydrogens is 249 g/mol. The molecule has 0 radical (unpaired) electrons. The lowest BCUT2D eigenvalue weighted by Crippen LogP contribution is -2.19. The minimum Gasteiger partial charge on any atom is -0.382 e. The molecule has 2 rings (SSSR count). The van der Waals surface area contributed by atoms with Crippen LogP contribution in [0.1, 0.15) is 30.5 Å². The van der Waals surface area contributed by atoms with Crippen molar-refractivity contribution in [1.82, 2.24) is 0 Å². The first-order valence-electron chi connectivity index (χ1n) is 7.19. The number of hydrogen-bond acceptors (Lipinski definition) is 1. The monoisotopic (exact) mass is 271 g/mol. The summed E-state index contributed by atoms with van der Waals surface area (Å²) in [6, 6.07) is 13.5. The standard InChI is InChI=1S/C18H22FN/c1-4-16-7-5-6-13(2)18(16)20-14(3)12-15-8-10-17(19)11-9-15/h5-11,14,20H,4,12H2,1-3H3. The Labute approximate surface area is 120 Å². The van der Waals surface area contributed by atoms with Crippen molar-refractivity contribution in [3.63, 3.8) is 0 Å². The van der Waals surface area contributed by atoms with Crippen LogP contribution < -0.4 is 5.32 Å². The van der Waals surface area contributed by atoms with Crippen LogP contribution in [0.4, 0.5) is 10.1 Å².